The summed E-state index contributed by atoms with van der Waals surface area (Å²) in [5.41, 5.74) is 0.280. The van der Waals surface area contributed by atoms with Crippen molar-refractivity contribution in [1.29, 1.82) is 0 Å². The first-order chi connectivity index (χ1) is 10.5. The number of nitrogens with one attached hydrogen (secondary N) is 2. The minimum Gasteiger partial charge on any atom is -0.387 e. The third-order valence-corrected chi connectivity index (χ3v) is 3.06. The van der Waals surface area contributed by atoms with Gasteiger partial charge in [-0.3, -0.25) is 5.32 Å². The number of nitrogens with zero attached hydrogens (tertiary/aromatic N) is 1. The summed E-state index contributed by atoms with van der Waals surface area (Å²) in [5, 5.41) is 14.6. The molecule has 0 aliphatic rings. The number of aliphatic hydroxyl groups is 1. The molecule has 5 nitrogen and oxygen atoms in total. The number of halogens is 3. The molecule has 0 fully saturated rings. The van der Waals surface area contributed by atoms with Crippen molar-refractivity contribution < 1.29 is 18.7 Å². The second kappa shape index (κ2) is 7.15. The normalized spacial score (nSPS) is 11.8. The average molecular weight is 328 g/mol. The lowest BCUT2D eigenvalue weighted by Crippen LogP contribution is -2.32. The van der Waals surface area contributed by atoms with Crippen LogP contribution in [0.3, 0.4) is 0 Å². The molecular weight excluding hydrogens is 316 g/mol. The predicted molar refractivity (Wildman–Crippen MR) is 77.6 cm³/mol. The molecule has 116 valence electrons. The highest BCUT2D eigenvalue weighted by atomic mass is 35.5. The zero-order chi connectivity index (χ0) is 16.1. The number of aromatic nitrogens is 1. The molecule has 1 aromatic carbocycles. The molecule has 1 aromatic heterocycles. The maximum atomic E-state index is 13.3. The minimum absolute atomic E-state index is 0.0518. The molecule has 2 rings (SSSR count). The standard InChI is InChI=1S/C14H12ClF2N3O2/c15-10-3-1-8(5-11(10)17)12(21)7-19-14(22)20-13-4-2-9(16)6-18-13/h1-6,12,21H,7H2,(H2,18,19,20,22)/t12-/m0/s1. The molecule has 2 aromatic rings. The smallest absolute Gasteiger partial charge is 0.320 e. The summed E-state index contributed by atoms with van der Waals surface area (Å²) in [7, 11) is 0. The van der Waals surface area contributed by atoms with Gasteiger partial charge in [0.15, 0.2) is 0 Å². The summed E-state index contributed by atoms with van der Waals surface area (Å²) in [4.78, 5) is 15.2. The van der Waals surface area contributed by atoms with Crippen molar-refractivity contribution in [1.82, 2.24) is 10.3 Å². The van der Waals surface area contributed by atoms with Crippen LogP contribution in [0.15, 0.2) is 36.5 Å². The number of aliphatic hydroxyl groups excluding tert-OH is 1. The second-order valence-corrected chi connectivity index (χ2v) is 4.79. The number of carbonyl (C=O) groups is 1. The molecule has 0 saturated carbocycles. The number of hydrogen-bond donors (Lipinski definition) is 3. The monoisotopic (exact) mass is 327 g/mol. The first kappa shape index (κ1) is 16.1. The van der Waals surface area contributed by atoms with E-state index in [0.717, 1.165) is 18.3 Å². The topological polar surface area (TPSA) is 74.2 Å². The molecule has 0 saturated heterocycles. The SMILES string of the molecule is O=C(NC[C@H](O)c1ccc(Cl)c(F)c1)Nc1ccc(F)cn1. The lowest BCUT2D eigenvalue weighted by Gasteiger charge is -2.13. The second-order valence-electron chi connectivity index (χ2n) is 4.39. The number of benzene rings is 1. The van der Waals surface area contributed by atoms with Gasteiger partial charge in [0, 0.05) is 6.54 Å². The van der Waals surface area contributed by atoms with Crippen LogP contribution >= 0.6 is 11.6 Å². The third kappa shape index (κ3) is 4.37. The van der Waals surface area contributed by atoms with E-state index >= 15 is 0 Å². The zero-order valence-electron chi connectivity index (χ0n) is 11.2. The Kier molecular flexibility index (Phi) is 5.24. The van der Waals surface area contributed by atoms with Gasteiger partial charge in [-0.2, -0.15) is 0 Å². The Bertz CT molecular complexity index is 668. The van der Waals surface area contributed by atoms with Crippen molar-refractivity contribution >= 4 is 23.4 Å². The van der Waals surface area contributed by atoms with Gasteiger partial charge >= 0.3 is 6.03 Å². The van der Waals surface area contributed by atoms with E-state index in [4.69, 9.17) is 11.6 Å². The van der Waals surface area contributed by atoms with E-state index in [2.05, 4.69) is 15.6 Å². The van der Waals surface area contributed by atoms with Gasteiger partial charge in [-0.25, -0.2) is 18.6 Å². The molecule has 0 bridgehead atoms. The predicted octanol–water partition coefficient (Wildman–Crippen LogP) is 2.87. The molecular formula is C14H12ClF2N3O2. The van der Waals surface area contributed by atoms with E-state index < -0.39 is 23.8 Å². The molecule has 22 heavy (non-hydrogen) atoms. The highest BCUT2D eigenvalue weighted by Gasteiger charge is 2.12. The Hall–Kier alpha value is -2.25. The molecule has 1 atom stereocenters. The average Bonchev–Trinajstić information content (AvgIpc) is 2.50. The van der Waals surface area contributed by atoms with Crippen molar-refractivity contribution in [3.05, 3.63) is 58.7 Å². The summed E-state index contributed by atoms with van der Waals surface area (Å²) in [6.45, 7) is -0.145. The van der Waals surface area contributed by atoms with Gasteiger partial charge in [0.2, 0.25) is 0 Å². The van der Waals surface area contributed by atoms with E-state index in [1.807, 2.05) is 0 Å². The van der Waals surface area contributed by atoms with E-state index in [9.17, 15) is 18.7 Å². The van der Waals surface area contributed by atoms with Crippen molar-refractivity contribution in [2.24, 2.45) is 0 Å². The summed E-state index contributed by atoms with van der Waals surface area (Å²) in [6, 6.07) is 5.67. The Morgan fingerprint density at radius 2 is 2.09 bits per heavy atom. The summed E-state index contributed by atoms with van der Waals surface area (Å²) in [6.07, 6.45) is -0.139. The number of carbonyl (C=O) groups excluding carboxylic acids is 1. The fraction of sp³-hybridized carbons (Fsp3) is 0.143. The number of hydrogen-bond acceptors (Lipinski definition) is 3. The van der Waals surface area contributed by atoms with Crippen molar-refractivity contribution in [3.63, 3.8) is 0 Å². The van der Waals surface area contributed by atoms with Crippen LogP contribution in [0.5, 0.6) is 0 Å². The van der Waals surface area contributed by atoms with Crippen molar-refractivity contribution in [3.8, 4) is 0 Å². The first-order valence-electron chi connectivity index (χ1n) is 6.25. The third-order valence-electron chi connectivity index (χ3n) is 2.75. The number of urea groups is 1. The van der Waals surface area contributed by atoms with Crippen LogP contribution in [0.4, 0.5) is 19.4 Å². The molecule has 8 heteroatoms. The van der Waals surface area contributed by atoms with E-state index in [0.29, 0.717) is 0 Å². The van der Waals surface area contributed by atoms with Crippen molar-refractivity contribution in [2.75, 3.05) is 11.9 Å². The highest BCUT2D eigenvalue weighted by molar-refractivity contribution is 6.30. The molecule has 0 radical (unpaired) electrons. The highest BCUT2D eigenvalue weighted by Crippen LogP contribution is 2.19. The fourth-order valence-electron chi connectivity index (χ4n) is 1.64. The number of amides is 2. The Labute approximate surface area is 129 Å². The van der Waals surface area contributed by atoms with Gasteiger partial charge in [-0.15, -0.1) is 0 Å². The quantitative estimate of drug-likeness (QED) is 0.808. The van der Waals surface area contributed by atoms with Gasteiger partial charge < -0.3 is 10.4 Å². The van der Waals surface area contributed by atoms with Gasteiger partial charge in [-0.05, 0) is 29.8 Å². The van der Waals surface area contributed by atoms with Crippen molar-refractivity contribution in [2.45, 2.75) is 6.10 Å². The van der Waals surface area contributed by atoms with E-state index in [1.54, 1.807) is 0 Å². The first-order valence-corrected chi connectivity index (χ1v) is 6.63. The van der Waals surface area contributed by atoms with E-state index in [1.165, 1.54) is 18.2 Å². The molecule has 0 spiro atoms. The molecule has 0 unspecified atom stereocenters. The van der Waals surface area contributed by atoms with Gasteiger partial charge in [-0.1, -0.05) is 17.7 Å². The molecule has 3 N–H and O–H groups in total. The van der Waals surface area contributed by atoms with Gasteiger partial charge in [0.25, 0.3) is 0 Å². The lowest BCUT2D eigenvalue weighted by atomic mass is 10.1. The Morgan fingerprint density at radius 3 is 2.73 bits per heavy atom. The number of rotatable bonds is 4. The van der Waals surface area contributed by atoms with Gasteiger partial charge in [0.05, 0.1) is 17.3 Å². The Balaban J connectivity index is 1.87. The molecule has 2 amide bonds. The summed E-state index contributed by atoms with van der Waals surface area (Å²) in [5.74, 6) is -1.02. The number of anilines is 1. The van der Waals surface area contributed by atoms with E-state index in [-0.39, 0.29) is 22.9 Å². The number of pyridine rings is 1. The Morgan fingerprint density at radius 1 is 1.32 bits per heavy atom. The van der Waals surface area contributed by atoms with Crippen LogP contribution in [0.25, 0.3) is 0 Å². The lowest BCUT2D eigenvalue weighted by molar-refractivity contribution is 0.174. The zero-order valence-corrected chi connectivity index (χ0v) is 11.9. The van der Waals surface area contributed by atoms with Gasteiger partial charge in [0.1, 0.15) is 17.5 Å². The van der Waals surface area contributed by atoms with Crippen LogP contribution in [0.1, 0.15) is 11.7 Å². The van der Waals surface area contributed by atoms with Crippen LogP contribution in [-0.2, 0) is 0 Å². The van der Waals surface area contributed by atoms with Crippen LogP contribution in [-0.4, -0.2) is 22.7 Å². The molecule has 1 heterocycles. The summed E-state index contributed by atoms with van der Waals surface area (Å²) >= 11 is 5.54. The van der Waals surface area contributed by atoms with Crippen LogP contribution in [0, 0.1) is 11.6 Å². The molecule has 0 aliphatic carbocycles. The minimum atomic E-state index is -1.10. The maximum Gasteiger partial charge on any atom is 0.320 e. The fourth-order valence-corrected chi connectivity index (χ4v) is 1.75. The largest absolute Gasteiger partial charge is 0.387 e. The van der Waals surface area contributed by atoms with Crippen LogP contribution in [0.2, 0.25) is 5.02 Å². The summed E-state index contributed by atoms with van der Waals surface area (Å²) < 4.78 is 25.9. The maximum absolute atomic E-state index is 13.3. The van der Waals surface area contributed by atoms with Crippen LogP contribution < -0.4 is 10.6 Å². The molecule has 0 aliphatic heterocycles.